The van der Waals surface area contributed by atoms with Crippen molar-refractivity contribution in [2.75, 3.05) is 0 Å². The number of nitro groups is 1. The number of nitrogens with one attached hydrogen (secondary N) is 1. The molecule has 0 aliphatic rings. The largest absolute Gasteiger partial charge is 0.427 e. The Hall–Kier alpha value is -1.87. The van der Waals surface area contributed by atoms with Crippen LogP contribution in [-0.2, 0) is 9.24 Å². The van der Waals surface area contributed by atoms with Crippen LogP contribution < -0.4 is 9.46 Å². The van der Waals surface area contributed by atoms with Crippen LogP contribution in [0.4, 0.5) is 10.5 Å². The summed E-state index contributed by atoms with van der Waals surface area (Å²) < 4.78 is 26.7. The van der Waals surface area contributed by atoms with E-state index in [4.69, 9.17) is 10.7 Å². The molecule has 0 aliphatic carbocycles. The molecule has 1 amide bonds. The Morgan fingerprint density at radius 1 is 1.47 bits per heavy atom. The Morgan fingerprint density at radius 2 is 2.12 bits per heavy atom. The molecule has 92 valence electrons. The average molecular weight is 281 g/mol. The van der Waals surface area contributed by atoms with Crippen LogP contribution in [0.3, 0.4) is 0 Å². The number of carbonyl (C=O) groups excluding carboxylic acids is 1. The van der Waals surface area contributed by atoms with Gasteiger partial charge in [0.05, 0.1) is 11.0 Å². The van der Waals surface area contributed by atoms with Crippen molar-refractivity contribution < 1.29 is 22.9 Å². The van der Waals surface area contributed by atoms with Gasteiger partial charge in [-0.15, -0.1) is 0 Å². The maximum absolute atomic E-state index is 10.9. The Morgan fingerprint density at radius 3 is 2.65 bits per heavy atom. The summed E-state index contributed by atoms with van der Waals surface area (Å²) in [6.07, 6.45) is -1.36. The van der Waals surface area contributed by atoms with Crippen molar-refractivity contribution in [1.82, 2.24) is 4.72 Å². The van der Waals surface area contributed by atoms with E-state index in [0.717, 1.165) is 6.07 Å². The number of benzene rings is 1. The predicted molar refractivity (Wildman–Crippen MR) is 57.0 cm³/mol. The Kier molecular flexibility index (Phi) is 3.86. The molecule has 1 N–H and O–H groups in total. The summed E-state index contributed by atoms with van der Waals surface area (Å²) in [4.78, 5) is 20.7. The van der Waals surface area contributed by atoms with Crippen molar-refractivity contribution in [1.29, 1.82) is 0 Å². The summed E-state index contributed by atoms with van der Waals surface area (Å²) in [7, 11) is 0.472. The lowest BCUT2D eigenvalue weighted by Gasteiger charge is -2.03. The van der Waals surface area contributed by atoms with E-state index in [9.17, 15) is 23.3 Å². The smallest absolute Gasteiger partial charge is 0.409 e. The lowest BCUT2D eigenvalue weighted by atomic mass is 10.3. The molecule has 0 aromatic heterocycles. The molecule has 0 atom stereocenters. The number of amides is 1. The lowest BCUT2D eigenvalue weighted by Crippen LogP contribution is -2.29. The zero-order chi connectivity index (χ0) is 13.1. The van der Waals surface area contributed by atoms with Crippen molar-refractivity contribution in [3.63, 3.8) is 0 Å². The Bertz CT molecular complexity index is 557. The summed E-state index contributed by atoms with van der Waals surface area (Å²) in [5.74, 6) is -0.183. The first-order chi connectivity index (χ1) is 7.78. The SMILES string of the molecule is O=C(NS(=O)(=O)Cl)Oc1cccc([N+](=O)[O-])c1. The quantitative estimate of drug-likeness (QED) is 0.505. The van der Waals surface area contributed by atoms with E-state index in [1.807, 2.05) is 0 Å². The Balaban J connectivity index is 2.79. The second-order valence-corrected chi connectivity index (χ2v) is 4.98. The van der Waals surface area contributed by atoms with Gasteiger partial charge in [-0.05, 0) is 6.07 Å². The van der Waals surface area contributed by atoms with E-state index in [1.165, 1.54) is 22.9 Å². The van der Waals surface area contributed by atoms with E-state index in [2.05, 4.69) is 4.74 Å². The lowest BCUT2D eigenvalue weighted by molar-refractivity contribution is -0.384. The van der Waals surface area contributed by atoms with Gasteiger partial charge in [0, 0.05) is 16.7 Å². The number of carbonyl (C=O) groups is 1. The van der Waals surface area contributed by atoms with Gasteiger partial charge >= 0.3 is 15.3 Å². The minimum atomic E-state index is -4.26. The van der Waals surface area contributed by atoms with E-state index < -0.39 is 20.3 Å². The van der Waals surface area contributed by atoms with Gasteiger partial charge in [-0.1, -0.05) is 6.07 Å². The van der Waals surface area contributed by atoms with Crippen LogP contribution in [0.15, 0.2) is 24.3 Å². The highest BCUT2D eigenvalue weighted by Gasteiger charge is 2.14. The standard InChI is InChI=1S/C7H5ClN2O6S/c8-17(14,15)9-7(11)16-6-3-1-2-5(4-6)10(12)13/h1-4H,(H,9,11). The maximum Gasteiger partial charge on any atom is 0.427 e. The first-order valence-electron chi connectivity index (χ1n) is 3.96. The van der Waals surface area contributed by atoms with Crippen molar-refractivity contribution >= 4 is 31.7 Å². The van der Waals surface area contributed by atoms with Gasteiger partial charge in [-0.3, -0.25) is 10.1 Å². The zero-order valence-electron chi connectivity index (χ0n) is 7.99. The number of nitrogens with zero attached hydrogens (tertiary/aromatic N) is 1. The molecule has 0 heterocycles. The van der Waals surface area contributed by atoms with Crippen molar-refractivity contribution in [3.8, 4) is 5.75 Å². The van der Waals surface area contributed by atoms with Crippen LogP contribution in [-0.4, -0.2) is 19.4 Å². The van der Waals surface area contributed by atoms with E-state index in [1.54, 1.807) is 0 Å². The van der Waals surface area contributed by atoms with Crippen LogP contribution in [0.5, 0.6) is 5.75 Å². The molecule has 0 unspecified atom stereocenters. The molecule has 0 fully saturated rings. The third kappa shape index (κ3) is 4.66. The number of rotatable bonds is 3. The van der Waals surface area contributed by atoms with Crippen LogP contribution in [0.25, 0.3) is 0 Å². The fourth-order valence-electron chi connectivity index (χ4n) is 0.888. The predicted octanol–water partition coefficient (Wildman–Crippen LogP) is 1.17. The molecule has 10 heteroatoms. The molecule has 0 aliphatic heterocycles. The van der Waals surface area contributed by atoms with Gasteiger partial charge in [0.1, 0.15) is 5.75 Å². The van der Waals surface area contributed by atoms with Crippen molar-refractivity contribution in [2.45, 2.75) is 0 Å². The minimum absolute atomic E-state index is 0.183. The monoisotopic (exact) mass is 280 g/mol. The second-order valence-electron chi connectivity index (χ2n) is 2.68. The highest BCUT2D eigenvalue weighted by atomic mass is 35.7. The third-order valence-corrected chi connectivity index (χ3v) is 2.09. The first kappa shape index (κ1) is 13.2. The number of non-ortho nitro benzene ring substituents is 1. The van der Waals surface area contributed by atoms with E-state index >= 15 is 0 Å². The number of hydrogen-bond acceptors (Lipinski definition) is 6. The molecule has 0 radical (unpaired) electrons. The van der Waals surface area contributed by atoms with Gasteiger partial charge in [0.25, 0.3) is 5.69 Å². The van der Waals surface area contributed by atoms with Crippen molar-refractivity contribution in [3.05, 3.63) is 34.4 Å². The molecule has 1 aromatic rings. The number of hydrogen-bond donors (Lipinski definition) is 1. The molecule has 1 rings (SSSR count). The molecule has 0 spiro atoms. The number of ether oxygens (including phenoxy) is 1. The molecule has 0 saturated heterocycles. The summed E-state index contributed by atoms with van der Waals surface area (Å²) in [5.41, 5.74) is -0.302. The molecular formula is C7H5ClN2O6S. The highest BCUT2D eigenvalue weighted by Crippen LogP contribution is 2.19. The first-order valence-corrected chi connectivity index (χ1v) is 6.27. The number of halogens is 1. The normalized spacial score (nSPS) is 10.6. The van der Waals surface area contributed by atoms with Crippen LogP contribution >= 0.6 is 10.7 Å². The third-order valence-electron chi connectivity index (χ3n) is 1.44. The molecule has 0 bridgehead atoms. The molecule has 0 saturated carbocycles. The second kappa shape index (κ2) is 4.97. The van der Waals surface area contributed by atoms with Gasteiger partial charge < -0.3 is 4.74 Å². The van der Waals surface area contributed by atoms with Crippen molar-refractivity contribution in [2.24, 2.45) is 0 Å². The Labute approximate surface area is 99.8 Å². The van der Waals surface area contributed by atoms with E-state index in [-0.39, 0.29) is 11.4 Å². The highest BCUT2D eigenvalue weighted by molar-refractivity contribution is 8.12. The fraction of sp³-hybridized carbons (Fsp3) is 0. The number of nitro benzene ring substituents is 1. The zero-order valence-corrected chi connectivity index (χ0v) is 9.56. The summed E-state index contributed by atoms with van der Waals surface area (Å²) in [6.45, 7) is 0. The van der Waals surface area contributed by atoms with Gasteiger partial charge in [-0.2, -0.15) is 8.42 Å². The average Bonchev–Trinajstić information content (AvgIpc) is 2.14. The van der Waals surface area contributed by atoms with Gasteiger partial charge in [0.15, 0.2) is 0 Å². The van der Waals surface area contributed by atoms with Crippen LogP contribution in [0.1, 0.15) is 0 Å². The van der Waals surface area contributed by atoms with Crippen LogP contribution in [0.2, 0.25) is 0 Å². The molecule has 1 aromatic carbocycles. The van der Waals surface area contributed by atoms with Crippen LogP contribution in [0, 0.1) is 10.1 Å². The summed E-state index contributed by atoms with van der Waals surface area (Å²) >= 11 is 0. The van der Waals surface area contributed by atoms with Gasteiger partial charge in [0.2, 0.25) is 0 Å². The summed E-state index contributed by atoms with van der Waals surface area (Å²) in [6, 6.07) is 4.66. The molecule has 8 nitrogen and oxygen atoms in total. The topological polar surface area (TPSA) is 116 Å². The fourth-order valence-corrected chi connectivity index (χ4v) is 1.32. The van der Waals surface area contributed by atoms with Gasteiger partial charge in [-0.25, -0.2) is 9.52 Å². The minimum Gasteiger partial charge on any atom is -0.409 e. The summed E-state index contributed by atoms with van der Waals surface area (Å²) in [5, 5.41) is 10.4. The van der Waals surface area contributed by atoms with E-state index in [0.29, 0.717) is 0 Å². The maximum atomic E-state index is 10.9. The molecular weight excluding hydrogens is 276 g/mol. The molecule has 17 heavy (non-hydrogen) atoms.